The molecule has 2 rings (SSSR count). The molecule has 2 aromatic heterocycles. The molecule has 0 bridgehead atoms. The van der Waals surface area contributed by atoms with E-state index in [1.807, 2.05) is 0 Å². The summed E-state index contributed by atoms with van der Waals surface area (Å²) in [6, 6.07) is 3.27. The number of H-pyrrole nitrogens is 1. The molecule has 0 aliphatic carbocycles. The van der Waals surface area contributed by atoms with Gasteiger partial charge in [0.1, 0.15) is 5.82 Å². The number of sulfonamides is 1. The smallest absolute Gasteiger partial charge is 0.280 e. The fraction of sp³-hybridized carbons (Fsp3) is 0. The highest BCUT2D eigenvalue weighted by atomic mass is 79.9. The van der Waals surface area contributed by atoms with Crippen molar-refractivity contribution in [1.29, 1.82) is 0 Å². The van der Waals surface area contributed by atoms with Crippen LogP contribution in [0.25, 0.3) is 0 Å². The van der Waals surface area contributed by atoms with Crippen molar-refractivity contribution in [3.8, 4) is 0 Å². The number of halogens is 1. The summed E-state index contributed by atoms with van der Waals surface area (Å²) in [7, 11) is -3.64. The summed E-state index contributed by atoms with van der Waals surface area (Å²) in [4.78, 5) is 10.0. The summed E-state index contributed by atoms with van der Waals surface area (Å²) in [6.07, 6.45) is 4.01. The lowest BCUT2D eigenvalue weighted by Gasteiger charge is -2.04. The molecule has 0 saturated heterocycles. The van der Waals surface area contributed by atoms with Crippen LogP contribution in [-0.2, 0) is 10.0 Å². The zero-order chi connectivity index (χ0) is 11.6. The molecule has 0 amide bonds. The van der Waals surface area contributed by atoms with Crippen LogP contribution in [0.3, 0.4) is 0 Å². The summed E-state index contributed by atoms with van der Waals surface area (Å²) in [5.41, 5.74) is 0. The summed E-state index contributed by atoms with van der Waals surface area (Å²) < 4.78 is 26.5. The fourth-order valence-corrected chi connectivity index (χ4v) is 2.28. The minimum atomic E-state index is -3.64. The average molecular weight is 303 g/mol. The minimum Gasteiger partial charge on any atom is -0.334 e. The second-order valence-corrected chi connectivity index (χ2v) is 5.45. The lowest BCUT2D eigenvalue weighted by atomic mass is 10.5. The first-order valence-corrected chi connectivity index (χ1v) is 6.48. The maximum Gasteiger partial charge on any atom is 0.280 e. The molecule has 0 spiro atoms. The zero-order valence-electron chi connectivity index (χ0n) is 7.88. The number of aromatic nitrogens is 3. The van der Waals surface area contributed by atoms with Crippen LogP contribution in [0.4, 0.5) is 5.82 Å². The van der Waals surface area contributed by atoms with Crippen molar-refractivity contribution in [2.75, 3.05) is 4.72 Å². The number of pyridine rings is 1. The van der Waals surface area contributed by atoms with Crippen molar-refractivity contribution in [3.05, 3.63) is 35.3 Å². The maximum absolute atomic E-state index is 11.7. The van der Waals surface area contributed by atoms with Crippen LogP contribution in [-0.4, -0.2) is 23.4 Å². The van der Waals surface area contributed by atoms with Gasteiger partial charge in [0.2, 0.25) is 0 Å². The molecule has 2 heterocycles. The molecule has 84 valence electrons. The van der Waals surface area contributed by atoms with Crippen molar-refractivity contribution in [2.24, 2.45) is 0 Å². The Morgan fingerprint density at radius 3 is 2.88 bits per heavy atom. The topological polar surface area (TPSA) is 87.7 Å². The molecule has 16 heavy (non-hydrogen) atoms. The molecule has 8 heteroatoms. The van der Waals surface area contributed by atoms with E-state index in [4.69, 9.17) is 0 Å². The first-order valence-electron chi connectivity index (χ1n) is 4.21. The fourth-order valence-electron chi connectivity index (χ4n) is 1.04. The van der Waals surface area contributed by atoms with Gasteiger partial charge in [0, 0.05) is 10.7 Å². The van der Waals surface area contributed by atoms with E-state index in [1.54, 1.807) is 12.1 Å². The molecule has 0 saturated carbocycles. The van der Waals surface area contributed by atoms with Gasteiger partial charge in [-0.25, -0.2) is 9.97 Å². The standard InChI is InChI=1S/C8H7BrN4O2S/c9-6-1-2-11-7(3-6)13-16(14,15)8-4-10-5-12-8/h1-5H,(H,10,12)(H,11,13). The van der Waals surface area contributed by atoms with Crippen LogP contribution in [0.1, 0.15) is 0 Å². The number of hydrogen-bond acceptors (Lipinski definition) is 4. The van der Waals surface area contributed by atoms with Crippen molar-refractivity contribution in [3.63, 3.8) is 0 Å². The molecule has 0 unspecified atom stereocenters. The van der Waals surface area contributed by atoms with Crippen LogP contribution in [0, 0.1) is 0 Å². The van der Waals surface area contributed by atoms with Gasteiger partial charge in [-0.15, -0.1) is 0 Å². The second-order valence-electron chi connectivity index (χ2n) is 2.88. The third kappa shape index (κ3) is 2.39. The van der Waals surface area contributed by atoms with Crippen LogP contribution in [0.15, 0.2) is 40.4 Å². The van der Waals surface area contributed by atoms with Crippen molar-refractivity contribution in [2.45, 2.75) is 5.03 Å². The highest BCUT2D eigenvalue weighted by Gasteiger charge is 2.15. The van der Waals surface area contributed by atoms with E-state index in [0.29, 0.717) is 0 Å². The Balaban J connectivity index is 2.29. The summed E-state index contributed by atoms with van der Waals surface area (Å²) in [5, 5.41) is -0.00530. The lowest BCUT2D eigenvalue weighted by molar-refractivity contribution is 0.598. The van der Waals surface area contributed by atoms with Gasteiger partial charge in [0.15, 0.2) is 5.03 Å². The molecular weight excluding hydrogens is 296 g/mol. The molecule has 0 aromatic carbocycles. The van der Waals surface area contributed by atoms with Crippen LogP contribution in [0.2, 0.25) is 0 Å². The number of imidazole rings is 1. The normalized spacial score (nSPS) is 11.3. The highest BCUT2D eigenvalue weighted by Crippen LogP contribution is 2.15. The molecule has 0 aliphatic heterocycles. The van der Waals surface area contributed by atoms with Gasteiger partial charge in [-0.2, -0.15) is 8.42 Å². The Labute approximate surface area is 100 Å². The third-order valence-electron chi connectivity index (χ3n) is 1.72. The van der Waals surface area contributed by atoms with Gasteiger partial charge in [-0.05, 0) is 12.1 Å². The van der Waals surface area contributed by atoms with Crippen LogP contribution in [0.5, 0.6) is 0 Å². The van der Waals surface area contributed by atoms with E-state index < -0.39 is 10.0 Å². The summed E-state index contributed by atoms with van der Waals surface area (Å²) in [6.45, 7) is 0. The van der Waals surface area contributed by atoms with Gasteiger partial charge in [0.05, 0.1) is 12.5 Å². The van der Waals surface area contributed by atoms with E-state index in [1.165, 1.54) is 18.7 Å². The van der Waals surface area contributed by atoms with E-state index in [-0.39, 0.29) is 10.8 Å². The number of nitrogens with one attached hydrogen (secondary N) is 2. The Morgan fingerprint density at radius 2 is 2.25 bits per heavy atom. The van der Waals surface area contributed by atoms with Crippen LogP contribution < -0.4 is 4.72 Å². The molecule has 2 N–H and O–H groups in total. The van der Waals surface area contributed by atoms with E-state index in [9.17, 15) is 8.42 Å². The van der Waals surface area contributed by atoms with Crippen molar-refractivity contribution in [1.82, 2.24) is 15.0 Å². The molecule has 0 radical (unpaired) electrons. The van der Waals surface area contributed by atoms with Gasteiger partial charge in [-0.1, -0.05) is 15.9 Å². The first kappa shape index (κ1) is 11.1. The predicted octanol–water partition coefficient (Wildman–Crippen LogP) is 1.37. The summed E-state index contributed by atoms with van der Waals surface area (Å²) >= 11 is 3.22. The van der Waals surface area contributed by atoms with E-state index in [0.717, 1.165) is 4.47 Å². The minimum absolute atomic E-state index is 0.00530. The number of nitrogens with zero attached hydrogens (tertiary/aromatic N) is 2. The Hall–Kier alpha value is -1.41. The average Bonchev–Trinajstić information content (AvgIpc) is 2.69. The highest BCUT2D eigenvalue weighted by molar-refractivity contribution is 9.10. The largest absolute Gasteiger partial charge is 0.334 e. The number of anilines is 1. The molecule has 0 aliphatic rings. The summed E-state index contributed by atoms with van der Waals surface area (Å²) in [5.74, 6) is 0.240. The van der Waals surface area contributed by atoms with Gasteiger partial charge in [0.25, 0.3) is 10.0 Å². The first-order chi connectivity index (χ1) is 7.58. The number of rotatable bonds is 3. The Bertz CT molecular complexity index is 582. The lowest BCUT2D eigenvalue weighted by Crippen LogP contribution is -2.14. The van der Waals surface area contributed by atoms with Gasteiger partial charge < -0.3 is 4.98 Å². The van der Waals surface area contributed by atoms with Gasteiger partial charge >= 0.3 is 0 Å². The molecule has 6 nitrogen and oxygen atoms in total. The molecular formula is C8H7BrN4O2S. The molecule has 0 fully saturated rings. The second kappa shape index (κ2) is 4.22. The van der Waals surface area contributed by atoms with E-state index >= 15 is 0 Å². The van der Waals surface area contributed by atoms with Crippen molar-refractivity contribution >= 4 is 31.8 Å². The van der Waals surface area contributed by atoms with Crippen LogP contribution >= 0.6 is 15.9 Å². The Kier molecular flexibility index (Phi) is 2.92. The Morgan fingerprint density at radius 1 is 1.44 bits per heavy atom. The molecule has 2 aromatic rings. The zero-order valence-corrected chi connectivity index (χ0v) is 10.3. The maximum atomic E-state index is 11.7. The van der Waals surface area contributed by atoms with E-state index in [2.05, 4.69) is 35.6 Å². The predicted molar refractivity (Wildman–Crippen MR) is 61.3 cm³/mol. The molecule has 0 atom stereocenters. The van der Waals surface area contributed by atoms with Gasteiger partial charge in [-0.3, -0.25) is 4.72 Å². The third-order valence-corrected chi connectivity index (χ3v) is 3.50. The number of hydrogen-bond donors (Lipinski definition) is 2. The number of aromatic amines is 1. The quantitative estimate of drug-likeness (QED) is 0.896. The SMILES string of the molecule is O=S(=O)(Nc1cc(Br)ccn1)c1cnc[nH]1. The van der Waals surface area contributed by atoms with Crippen molar-refractivity contribution < 1.29 is 8.42 Å². The monoisotopic (exact) mass is 302 g/mol.